The van der Waals surface area contributed by atoms with Gasteiger partial charge in [0.15, 0.2) is 0 Å². The number of amides is 2. The van der Waals surface area contributed by atoms with Crippen LogP contribution in [0.25, 0.3) is 0 Å². The molecular weight excluding hydrogens is 412 g/mol. The Balaban J connectivity index is 1.24. The Kier molecular flexibility index (Phi) is 6.04. The smallest absolute Gasteiger partial charge is 0.255 e. The van der Waals surface area contributed by atoms with Gasteiger partial charge >= 0.3 is 0 Å². The Morgan fingerprint density at radius 3 is 2.52 bits per heavy atom. The zero-order valence-electron chi connectivity index (χ0n) is 18.9. The third-order valence-electron chi connectivity index (χ3n) is 7.45. The summed E-state index contributed by atoms with van der Waals surface area (Å²) in [6, 6.07) is 15.4. The number of hydrogen-bond acceptors (Lipinski definition) is 4. The Hall–Kier alpha value is -3.33. The first-order chi connectivity index (χ1) is 16.1. The molecule has 0 aromatic heterocycles. The fourth-order valence-electron chi connectivity index (χ4n) is 5.62. The number of nitrogens with one attached hydrogen (secondary N) is 1. The van der Waals surface area contributed by atoms with Gasteiger partial charge in [0.25, 0.3) is 5.91 Å². The summed E-state index contributed by atoms with van der Waals surface area (Å²) in [6.07, 6.45) is 7.52. The molecule has 0 spiro atoms. The van der Waals surface area contributed by atoms with Crippen molar-refractivity contribution in [1.29, 1.82) is 5.26 Å². The summed E-state index contributed by atoms with van der Waals surface area (Å²) in [5, 5.41) is 12.1. The van der Waals surface area contributed by atoms with E-state index >= 15 is 0 Å². The molecule has 2 fully saturated rings. The highest BCUT2D eigenvalue weighted by atomic mass is 16.2. The molecular formula is C27H30N4O2. The fraction of sp³-hybridized carbons (Fsp3) is 0.444. The fourth-order valence-corrected chi connectivity index (χ4v) is 5.62. The quantitative estimate of drug-likeness (QED) is 0.764. The van der Waals surface area contributed by atoms with Crippen LogP contribution in [0.4, 0.5) is 11.4 Å². The Morgan fingerprint density at radius 1 is 0.970 bits per heavy atom. The van der Waals surface area contributed by atoms with E-state index in [9.17, 15) is 9.59 Å². The molecule has 0 bridgehead atoms. The molecule has 6 heteroatoms. The monoisotopic (exact) mass is 442 g/mol. The van der Waals surface area contributed by atoms with Crippen LogP contribution in [0, 0.1) is 17.2 Å². The van der Waals surface area contributed by atoms with Crippen LogP contribution in [0.15, 0.2) is 42.5 Å². The van der Waals surface area contributed by atoms with Crippen molar-refractivity contribution in [2.24, 2.45) is 5.92 Å². The van der Waals surface area contributed by atoms with E-state index in [2.05, 4.69) is 33.3 Å². The van der Waals surface area contributed by atoms with Gasteiger partial charge in [-0.25, -0.2) is 0 Å². The molecule has 1 N–H and O–H groups in total. The lowest BCUT2D eigenvalue weighted by Crippen LogP contribution is -2.47. The van der Waals surface area contributed by atoms with Crippen LogP contribution >= 0.6 is 0 Å². The Morgan fingerprint density at radius 2 is 1.76 bits per heavy atom. The van der Waals surface area contributed by atoms with Gasteiger partial charge in [0, 0.05) is 48.5 Å². The highest BCUT2D eigenvalue weighted by Gasteiger charge is 2.33. The van der Waals surface area contributed by atoms with Gasteiger partial charge in [0.2, 0.25) is 5.91 Å². The first-order valence-corrected chi connectivity index (χ1v) is 12.1. The number of carbonyl (C=O) groups is 2. The molecule has 2 heterocycles. The zero-order chi connectivity index (χ0) is 22.8. The van der Waals surface area contributed by atoms with Gasteiger partial charge in [-0.3, -0.25) is 9.59 Å². The van der Waals surface area contributed by atoms with E-state index in [1.165, 1.54) is 24.1 Å². The molecule has 1 saturated heterocycles. The summed E-state index contributed by atoms with van der Waals surface area (Å²) in [4.78, 5) is 30.1. The maximum Gasteiger partial charge on any atom is 0.255 e. The largest absolute Gasteiger partial charge is 0.368 e. The normalized spacial score (nSPS) is 18.8. The van der Waals surface area contributed by atoms with E-state index in [1.807, 2.05) is 6.07 Å². The van der Waals surface area contributed by atoms with Gasteiger partial charge in [-0.2, -0.15) is 5.26 Å². The molecule has 1 saturated carbocycles. The van der Waals surface area contributed by atoms with Gasteiger partial charge in [-0.05, 0) is 68.0 Å². The number of carbonyl (C=O) groups excluding carboxylic acids is 2. The van der Waals surface area contributed by atoms with E-state index in [-0.39, 0.29) is 11.8 Å². The second kappa shape index (κ2) is 9.27. The molecule has 170 valence electrons. The standard InChI is InChI=1S/C27H30N4O2/c28-18-19-4-3-7-22(16-19)26(32)29-23-9-8-20-10-15-31(25(20)17-23)24-11-13-30(14-12-24)27(33)21-5-1-2-6-21/h3-4,7-9,16-17,21,24H,1-2,5-6,10-15H2,(H,29,32). The molecule has 1 aliphatic carbocycles. The van der Waals surface area contributed by atoms with E-state index in [0.717, 1.165) is 57.4 Å². The third-order valence-corrected chi connectivity index (χ3v) is 7.45. The molecule has 5 rings (SSSR count). The number of nitriles is 1. The Bertz CT molecular complexity index is 1090. The van der Waals surface area contributed by atoms with Crippen LogP contribution in [0.1, 0.15) is 60.0 Å². The van der Waals surface area contributed by atoms with Crippen LogP contribution in [-0.4, -0.2) is 42.4 Å². The second-order valence-electron chi connectivity index (χ2n) is 9.47. The van der Waals surface area contributed by atoms with E-state index < -0.39 is 0 Å². The van der Waals surface area contributed by atoms with Gasteiger partial charge < -0.3 is 15.1 Å². The van der Waals surface area contributed by atoms with Gasteiger partial charge in [0.1, 0.15) is 0 Å². The number of fused-ring (bicyclic) bond motifs is 1. The van der Waals surface area contributed by atoms with E-state index in [4.69, 9.17) is 5.26 Å². The molecule has 0 atom stereocenters. The van der Waals surface area contributed by atoms with E-state index in [0.29, 0.717) is 23.1 Å². The average molecular weight is 443 g/mol. The maximum absolute atomic E-state index is 12.8. The molecule has 6 nitrogen and oxygen atoms in total. The van der Waals surface area contributed by atoms with Crippen molar-refractivity contribution in [1.82, 2.24) is 4.90 Å². The minimum atomic E-state index is -0.213. The highest BCUT2D eigenvalue weighted by molar-refractivity contribution is 6.04. The van der Waals surface area contributed by atoms with Gasteiger partial charge in [-0.15, -0.1) is 0 Å². The Labute approximate surface area is 195 Å². The number of benzene rings is 2. The predicted octanol–water partition coefficient (Wildman–Crippen LogP) is 4.35. The first-order valence-electron chi connectivity index (χ1n) is 12.1. The van der Waals surface area contributed by atoms with Crippen molar-refractivity contribution < 1.29 is 9.59 Å². The number of anilines is 2. The van der Waals surface area contributed by atoms with Gasteiger partial charge in [0.05, 0.1) is 11.6 Å². The highest BCUT2D eigenvalue weighted by Crippen LogP contribution is 2.35. The maximum atomic E-state index is 12.8. The summed E-state index contributed by atoms with van der Waals surface area (Å²) < 4.78 is 0. The van der Waals surface area contributed by atoms with Crippen molar-refractivity contribution in [3.8, 4) is 6.07 Å². The zero-order valence-corrected chi connectivity index (χ0v) is 18.9. The van der Waals surface area contributed by atoms with Crippen molar-refractivity contribution in [2.75, 3.05) is 29.9 Å². The SMILES string of the molecule is N#Cc1cccc(C(=O)Nc2ccc3c(c2)N(C2CCN(C(=O)C4CCCC4)CC2)CC3)c1. The number of likely N-dealkylation sites (tertiary alicyclic amines) is 1. The lowest BCUT2D eigenvalue weighted by atomic mass is 9.99. The number of hydrogen-bond donors (Lipinski definition) is 1. The first kappa shape index (κ1) is 21.5. The molecule has 33 heavy (non-hydrogen) atoms. The minimum Gasteiger partial charge on any atom is -0.368 e. The van der Waals surface area contributed by atoms with E-state index in [1.54, 1.807) is 24.3 Å². The van der Waals surface area contributed by atoms with Crippen LogP contribution in [0.5, 0.6) is 0 Å². The summed E-state index contributed by atoms with van der Waals surface area (Å²) >= 11 is 0. The molecule has 2 aromatic rings. The second-order valence-corrected chi connectivity index (χ2v) is 9.47. The number of piperidine rings is 1. The lowest BCUT2D eigenvalue weighted by molar-refractivity contribution is -0.136. The molecule has 0 radical (unpaired) electrons. The lowest BCUT2D eigenvalue weighted by Gasteiger charge is -2.39. The number of nitrogens with zero attached hydrogens (tertiary/aromatic N) is 3. The van der Waals surface area contributed by atoms with Crippen LogP contribution in [-0.2, 0) is 11.2 Å². The number of rotatable bonds is 4. The van der Waals surface area contributed by atoms with Crippen LogP contribution < -0.4 is 10.2 Å². The van der Waals surface area contributed by atoms with Crippen molar-refractivity contribution in [3.63, 3.8) is 0 Å². The van der Waals surface area contributed by atoms with Crippen LogP contribution in [0.2, 0.25) is 0 Å². The summed E-state index contributed by atoms with van der Waals surface area (Å²) in [5.74, 6) is 0.419. The topological polar surface area (TPSA) is 76.4 Å². The van der Waals surface area contributed by atoms with Crippen molar-refractivity contribution >= 4 is 23.2 Å². The summed E-state index contributed by atoms with van der Waals surface area (Å²) in [6.45, 7) is 2.67. The summed E-state index contributed by atoms with van der Waals surface area (Å²) in [5.41, 5.74) is 4.22. The van der Waals surface area contributed by atoms with Gasteiger partial charge in [-0.1, -0.05) is 25.0 Å². The predicted molar refractivity (Wildman–Crippen MR) is 128 cm³/mol. The van der Waals surface area contributed by atoms with Crippen molar-refractivity contribution in [2.45, 2.75) is 51.0 Å². The molecule has 0 unspecified atom stereocenters. The molecule has 2 aromatic carbocycles. The average Bonchev–Trinajstić information content (AvgIpc) is 3.54. The third kappa shape index (κ3) is 4.45. The van der Waals surface area contributed by atoms with Crippen LogP contribution in [0.3, 0.4) is 0 Å². The molecule has 2 amide bonds. The van der Waals surface area contributed by atoms with Crippen molar-refractivity contribution in [3.05, 3.63) is 59.2 Å². The summed E-state index contributed by atoms with van der Waals surface area (Å²) in [7, 11) is 0. The molecule has 2 aliphatic heterocycles. The minimum absolute atomic E-state index is 0.213. The molecule has 3 aliphatic rings.